The zero-order chi connectivity index (χ0) is 36.0. The lowest BCUT2D eigenvalue weighted by Crippen LogP contribution is -2.51. The van der Waals surface area contributed by atoms with Crippen LogP contribution in [0.2, 0.25) is 0 Å². The van der Waals surface area contributed by atoms with Crippen LogP contribution in [0.1, 0.15) is 164 Å². The Labute approximate surface area is 309 Å². The molecule has 0 aliphatic heterocycles. The van der Waals surface area contributed by atoms with Crippen molar-refractivity contribution in [2.45, 2.75) is 170 Å². The number of carbonyl (C=O) groups is 1. The molecule has 3 saturated carbocycles. The molecule has 0 aromatic heterocycles. The largest absolute Gasteiger partial charge is 0.462 e. The van der Waals surface area contributed by atoms with E-state index in [2.05, 4.69) is 115 Å². The van der Waals surface area contributed by atoms with Crippen molar-refractivity contribution in [3.05, 3.63) is 72.4 Å². The van der Waals surface area contributed by atoms with Crippen LogP contribution >= 0.6 is 0 Å². The molecule has 0 bridgehead atoms. The maximum absolute atomic E-state index is 12.8. The van der Waals surface area contributed by atoms with E-state index in [1.165, 1.54) is 64.2 Å². The molecule has 50 heavy (non-hydrogen) atoms. The van der Waals surface area contributed by atoms with E-state index in [9.17, 15) is 4.79 Å². The number of esters is 1. The number of carbonyl (C=O) groups excluding carboxylic acids is 1. The lowest BCUT2D eigenvalue weighted by atomic mass is 9.47. The van der Waals surface area contributed by atoms with Gasteiger partial charge in [-0.25, -0.2) is 0 Å². The summed E-state index contributed by atoms with van der Waals surface area (Å²) in [5.41, 5.74) is 2.39. The van der Waals surface area contributed by atoms with Crippen LogP contribution in [0.4, 0.5) is 0 Å². The second-order valence-electron chi connectivity index (χ2n) is 17.7. The molecule has 9 atom stereocenters. The van der Waals surface area contributed by atoms with Crippen molar-refractivity contribution in [1.82, 2.24) is 0 Å². The van der Waals surface area contributed by atoms with Crippen LogP contribution in [-0.4, -0.2) is 12.1 Å². The van der Waals surface area contributed by atoms with Gasteiger partial charge in [-0.15, -0.1) is 0 Å². The van der Waals surface area contributed by atoms with Gasteiger partial charge in [0.25, 0.3) is 0 Å². The van der Waals surface area contributed by atoms with Crippen LogP contribution in [0.5, 0.6) is 0 Å². The average molecular weight is 685 g/mol. The van der Waals surface area contributed by atoms with Gasteiger partial charge < -0.3 is 4.74 Å². The fourth-order valence-corrected chi connectivity index (χ4v) is 10.5. The zero-order valence-corrected chi connectivity index (χ0v) is 33.5. The number of rotatable bonds is 19. The first-order valence-electron chi connectivity index (χ1n) is 21.3. The van der Waals surface area contributed by atoms with E-state index >= 15 is 0 Å². The molecular weight excluding hydrogens is 609 g/mol. The summed E-state index contributed by atoms with van der Waals surface area (Å²) in [5, 5.41) is 0. The number of allylic oxidation sites excluding steroid dienone is 11. The van der Waals surface area contributed by atoms with Crippen LogP contribution in [0.15, 0.2) is 72.4 Å². The third-order valence-electron chi connectivity index (χ3n) is 14.0. The quantitative estimate of drug-likeness (QED) is 0.0769. The highest BCUT2D eigenvalue weighted by Gasteiger charge is 2.59. The summed E-state index contributed by atoms with van der Waals surface area (Å²) in [7, 11) is 0. The highest BCUT2D eigenvalue weighted by Crippen LogP contribution is 2.67. The third-order valence-corrected chi connectivity index (χ3v) is 14.0. The topological polar surface area (TPSA) is 26.3 Å². The van der Waals surface area contributed by atoms with Gasteiger partial charge in [-0.05, 0) is 142 Å². The molecule has 0 amide bonds. The van der Waals surface area contributed by atoms with Crippen molar-refractivity contribution in [1.29, 1.82) is 0 Å². The Kier molecular flexibility index (Phi) is 16.5. The average Bonchev–Trinajstić information content (AvgIpc) is 3.45. The van der Waals surface area contributed by atoms with Crippen molar-refractivity contribution in [2.75, 3.05) is 0 Å². The summed E-state index contributed by atoms with van der Waals surface area (Å²) in [6.45, 7) is 17.1. The Morgan fingerprint density at radius 1 is 0.800 bits per heavy atom. The van der Waals surface area contributed by atoms with Gasteiger partial charge in [0, 0.05) is 12.8 Å². The van der Waals surface area contributed by atoms with Gasteiger partial charge in [-0.3, -0.25) is 4.79 Å². The summed E-state index contributed by atoms with van der Waals surface area (Å²) < 4.78 is 6.10. The molecule has 4 aliphatic carbocycles. The van der Waals surface area contributed by atoms with E-state index in [0.29, 0.717) is 35.0 Å². The third kappa shape index (κ3) is 11.0. The number of unbranched alkanes of at least 4 members (excludes halogenated alkanes) is 4. The molecule has 2 nitrogen and oxygen atoms in total. The normalized spacial score (nSPS) is 32.6. The Morgan fingerprint density at radius 3 is 2.12 bits per heavy atom. The van der Waals surface area contributed by atoms with Crippen molar-refractivity contribution in [3.8, 4) is 0 Å². The fraction of sp³-hybridized carbons (Fsp3) is 0.729. The van der Waals surface area contributed by atoms with Gasteiger partial charge in [-0.2, -0.15) is 0 Å². The van der Waals surface area contributed by atoms with Crippen LogP contribution in [0.3, 0.4) is 0 Å². The maximum Gasteiger partial charge on any atom is 0.306 e. The van der Waals surface area contributed by atoms with Crippen LogP contribution in [0, 0.1) is 52.3 Å². The van der Waals surface area contributed by atoms with E-state index in [0.717, 1.165) is 68.6 Å². The first-order valence-corrected chi connectivity index (χ1v) is 21.3. The van der Waals surface area contributed by atoms with Gasteiger partial charge in [0.2, 0.25) is 0 Å². The minimum absolute atomic E-state index is 0.000152. The van der Waals surface area contributed by atoms with E-state index in [-0.39, 0.29) is 12.1 Å². The zero-order valence-electron chi connectivity index (χ0n) is 33.5. The first-order chi connectivity index (χ1) is 24.1. The summed E-state index contributed by atoms with van der Waals surface area (Å²) in [6, 6.07) is 0. The van der Waals surface area contributed by atoms with Crippen LogP contribution in [-0.2, 0) is 9.53 Å². The Bertz CT molecular complexity index is 1210. The molecule has 0 radical (unpaired) electrons. The molecule has 4 rings (SSSR count). The minimum Gasteiger partial charge on any atom is -0.462 e. The highest BCUT2D eigenvalue weighted by molar-refractivity contribution is 5.69. The number of hydrogen-bond acceptors (Lipinski definition) is 2. The van der Waals surface area contributed by atoms with Gasteiger partial charge in [0.15, 0.2) is 0 Å². The maximum atomic E-state index is 12.8. The molecule has 0 aromatic rings. The number of fused-ring (bicyclic) bond motifs is 5. The molecule has 3 fully saturated rings. The first kappa shape index (κ1) is 40.7. The fourth-order valence-electron chi connectivity index (χ4n) is 10.5. The van der Waals surface area contributed by atoms with Crippen molar-refractivity contribution in [3.63, 3.8) is 0 Å². The standard InChI is InChI=1S/C48H76O2/c1-8-9-10-11-12-13-14-15-16-17-18-19-20-21-22-23-24-25-46(49)50-41-32-34-47(6)40(36-41)28-29-42-44-31-30-43(48(44,7)35-33-45(42)47)39(5)27-26-38(4)37(2)3/h12-13,15-16,18-19,21-22,26-28,37-39,41-45H,8-11,14,17,20,23-25,29-36H2,1-7H3/b13-12-,16-15-,19-18-,22-21-,27-26+. The second-order valence-corrected chi connectivity index (χ2v) is 17.7. The van der Waals surface area contributed by atoms with Gasteiger partial charge in [0.05, 0.1) is 0 Å². The predicted molar refractivity (Wildman–Crippen MR) is 216 cm³/mol. The van der Waals surface area contributed by atoms with Crippen LogP contribution in [0.25, 0.3) is 0 Å². The SMILES string of the molecule is CCCCC/C=C\C/C=C\C/C=C\C/C=C\CCCC(=O)OC1CCC2(C)C(=CCC3C2CCC2(C)C(C(C)/C=C/C(C)C(C)C)CCC32)C1. The number of ether oxygens (including phenoxy) is 1. The number of hydrogen-bond donors (Lipinski definition) is 0. The predicted octanol–water partition coefficient (Wildman–Crippen LogP) is 14.1. The molecule has 0 N–H and O–H groups in total. The summed E-state index contributed by atoms with van der Waals surface area (Å²) in [5.74, 6) is 5.35. The molecule has 0 heterocycles. The molecular formula is C48H76O2. The Balaban J connectivity index is 1.15. The van der Waals surface area contributed by atoms with Crippen LogP contribution < -0.4 is 0 Å². The van der Waals surface area contributed by atoms with E-state index in [1.54, 1.807) is 5.57 Å². The van der Waals surface area contributed by atoms with Crippen molar-refractivity contribution in [2.24, 2.45) is 52.3 Å². The van der Waals surface area contributed by atoms with E-state index < -0.39 is 0 Å². The van der Waals surface area contributed by atoms with E-state index in [4.69, 9.17) is 4.74 Å². The molecule has 4 aliphatic rings. The molecule has 0 spiro atoms. The molecule has 2 heteroatoms. The van der Waals surface area contributed by atoms with Crippen molar-refractivity contribution >= 4 is 5.97 Å². The smallest absolute Gasteiger partial charge is 0.306 e. The summed E-state index contributed by atoms with van der Waals surface area (Å²) in [4.78, 5) is 12.8. The lowest BCUT2D eigenvalue weighted by Gasteiger charge is -2.58. The lowest BCUT2D eigenvalue weighted by molar-refractivity contribution is -0.151. The Morgan fingerprint density at radius 2 is 1.46 bits per heavy atom. The molecule has 0 saturated heterocycles. The highest BCUT2D eigenvalue weighted by atomic mass is 16.5. The summed E-state index contributed by atoms with van der Waals surface area (Å²) in [6.07, 6.45) is 46.3. The molecule has 9 unspecified atom stereocenters. The van der Waals surface area contributed by atoms with Gasteiger partial charge in [0.1, 0.15) is 6.10 Å². The van der Waals surface area contributed by atoms with E-state index in [1.807, 2.05) is 0 Å². The van der Waals surface area contributed by atoms with Gasteiger partial charge in [-0.1, -0.05) is 134 Å². The second kappa shape index (κ2) is 20.2. The summed E-state index contributed by atoms with van der Waals surface area (Å²) >= 11 is 0. The molecule has 0 aromatic carbocycles. The molecule has 280 valence electrons. The Hall–Kier alpha value is -2.09. The minimum atomic E-state index is 0.000152. The van der Waals surface area contributed by atoms with Gasteiger partial charge >= 0.3 is 5.97 Å². The van der Waals surface area contributed by atoms with Crippen molar-refractivity contribution < 1.29 is 9.53 Å². The monoisotopic (exact) mass is 685 g/mol.